The van der Waals surface area contributed by atoms with Gasteiger partial charge < -0.3 is 15.2 Å². The molecule has 138 valence electrons. The van der Waals surface area contributed by atoms with Gasteiger partial charge in [-0.1, -0.05) is 11.5 Å². The third kappa shape index (κ3) is 2.39. The Morgan fingerprint density at radius 3 is 3.04 bits per heavy atom. The number of primary amides is 1. The molecule has 2 fully saturated rings. The fourth-order valence-electron chi connectivity index (χ4n) is 4.68. The van der Waals surface area contributed by atoms with Crippen molar-refractivity contribution in [3.8, 4) is 11.1 Å². The van der Waals surface area contributed by atoms with Crippen molar-refractivity contribution in [1.82, 2.24) is 9.47 Å². The highest BCUT2D eigenvalue weighted by Gasteiger charge is 2.53. The number of carbonyl (C=O) groups excluding carboxylic acids is 2. The van der Waals surface area contributed by atoms with E-state index in [1.54, 1.807) is 6.07 Å². The minimum absolute atomic E-state index is 0.0696. The van der Waals surface area contributed by atoms with E-state index < -0.39 is 5.91 Å². The number of carbonyl (C=O) groups is 2. The summed E-state index contributed by atoms with van der Waals surface area (Å²) in [4.78, 5) is 29.6. The molecule has 1 unspecified atom stereocenters. The van der Waals surface area contributed by atoms with Crippen molar-refractivity contribution in [3.63, 3.8) is 0 Å². The molecule has 1 aliphatic carbocycles. The number of hydrogen-bond donors (Lipinski definition) is 1. The lowest BCUT2D eigenvalue weighted by molar-refractivity contribution is 0.0890. The molecule has 4 heterocycles. The second kappa shape index (κ2) is 5.87. The second-order valence-electron chi connectivity index (χ2n) is 7.42. The number of fused-ring (bicyclic) bond motifs is 3. The minimum Gasteiger partial charge on any atom is -0.365 e. The van der Waals surface area contributed by atoms with Gasteiger partial charge in [0.25, 0.3) is 11.8 Å². The summed E-state index contributed by atoms with van der Waals surface area (Å²) in [7, 11) is 0. The van der Waals surface area contributed by atoms with Crippen molar-refractivity contribution in [3.05, 3.63) is 44.2 Å². The first-order valence-electron chi connectivity index (χ1n) is 9.05. The number of nitrogens with two attached hydrogens (primary N) is 1. The predicted octanol–water partition coefficient (Wildman–Crippen LogP) is 3.48. The van der Waals surface area contributed by atoms with Crippen molar-refractivity contribution < 1.29 is 9.59 Å². The number of azide groups is 1. The predicted molar refractivity (Wildman–Crippen MR) is 100 cm³/mol. The molecule has 2 aromatic heterocycles. The maximum Gasteiger partial charge on any atom is 0.258 e. The summed E-state index contributed by atoms with van der Waals surface area (Å²) in [5.74, 6) is -0.0950. The van der Waals surface area contributed by atoms with Crippen LogP contribution in [-0.2, 0) is 0 Å². The van der Waals surface area contributed by atoms with E-state index in [-0.39, 0.29) is 23.9 Å². The van der Waals surface area contributed by atoms with E-state index in [4.69, 9.17) is 11.3 Å². The Bertz CT molecular complexity index is 1020. The molecule has 0 bridgehead atoms. The molecule has 9 heteroatoms. The van der Waals surface area contributed by atoms with Gasteiger partial charge in [-0.15, -0.1) is 11.3 Å². The van der Waals surface area contributed by atoms with Gasteiger partial charge >= 0.3 is 0 Å². The quantitative estimate of drug-likeness (QED) is 0.369. The standard InChI is InChI=1S/C18H18N6O2S/c19-17(25)14-4-10(8-27-14)11-6-23(12-3-1-2-9(12)5-21-22-20)16-13-7-24(13)18(26)15(11)16/h4,6,8-9,12-13H,1-3,5,7H2,(H2,19,25)/t9-,12-,13?,24?/m1/s1. The van der Waals surface area contributed by atoms with Gasteiger partial charge in [-0.05, 0) is 41.3 Å². The molecule has 3 atom stereocenters. The summed E-state index contributed by atoms with van der Waals surface area (Å²) < 4.78 is 2.26. The van der Waals surface area contributed by atoms with Crippen LogP contribution in [0, 0.1) is 5.92 Å². The Hall–Kier alpha value is -2.77. The van der Waals surface area contributed by atoms with Crippen LogP contribution >= 0.6 is 11.3 Å². The van der Waals surface area contributed by atoms with Crippen LogP contribution in [0.4, 0.5) is 0 Å². The molecule has 5 rings (SSSR count). The first-order valence-corrected chi connectivity index (χ1v) is 9.93. The lowest BCUT2D eigenvalue weighted by Crippen LogP contribution is -2.17. The van der Waals surface area contributed by atoms with Crippen LogP contribution in [-0.4, -0.2) is 34.4 Å². The lowest BCUT2D eigenvalue weighted by atomic mass is 10.0. The van der Waals surface area contributed by atoms with E-state index in [0.29, 0.717) is 11.4 Å². The average Bonchev–Trinajstić information content (AvgIpc) is 3.06. The smallest absolute Gasteiger partial charge is 0.258 e. The summed E-state index contributed by atoms with van der Waals surface area (Å²) in [6, 6.07) is 2.17. The normalized spacial score (nSPS) is 25.3. The van der Waals surface area contributed by atoms with Crippen LogP contribution in [0.3, 0.4) is 0 Å². The summed E-state index contributed by atoms with van der Waals surface area (Å²) in [5, 5.41) is 5.68. The highest BCUT2D eigenvalue weighted by atomic mass is 32.1. The number of aromatic nitrogens is 1. The number of amides is 2. The van der Waals surface area contributed by atoms with E-state index in [1.807, 2.05) is 10.3 Å². The van der Waals surface area contributed by atoms with Gasteiger partial charge in [-0.2, -0.15) is 0 Å². The van der Waals surface area contributed by atoms with Crippen LogP contribution in [0.15, 0.2) is 22.8 Å². The molecule has 1 saturated heterocycles. The minimum atomic E-state index is -0.453. The average molecular weight is 382 g/mol. The van der Waals surface area contributed by atoms with E-state index in [1.165, 1.54) is 11.3 Å². The van der Waals surface area contributed by atoms with Gasteiger partial charge in [0.2, 0.25) is 0 Å². The fraction of sp³-hybridized carbons (Fsp3) is 0.444. The summed E-state index contributed by atoms with van der Waals surface area (Å²) in [6.45, 7) is 1.26. The topological polar surface area (TPSA) is 117 Å². The molecule has 2 aromatic rings. The molecule has 2 N–H and O–H groups in total. The van der Waals surface area contributed by atoms with Crippen LogP contribution in [0.5, 0.6) is 0 Å². The van der Waals surface area contributed by atoms with E-state index in [0.717, 1.165) is 48.2 Å². The van der Waals surface area contributed by atoms with Crippen LogP contribution in [0.1, 0.15) is 57.1 Å². The Balaban J connectivity index is 1.61. The van der Waals surface area contributed by atoms with Crippen molar-refractivity contribution in [2.75, 3.05) is 13.1 Å². The molecule has 2 amide bonds. The number of nitrogens with zero attached hydrogens (tertiary/aromatic N) is 5. The molecule has 27 heavy (non-hydrogen) atoms. The highest BCUT2D eigenvalue weighted by Crippen LogP contribution is 2.52. The Morgan fingerprint density at radius 1 is 1.44 bits per heavy atom. The van der Waals surface area contributed by atoms with Gasteiger partial charge in [-0.25, -0.2) is 0 Å². The lowest BCUT2D eigenvalue weighted by Gasteiger charge is -2.22. The van der Waals surface area contributed by atoms with Crippen LogP contribution < -0.4 is 5.73 Å². The maximum atomic E-state index is 12.8. The Morgan fingerprint density at radius 2 is 2.30 bits per heavy atom. The third-order valence-corrected chi connectivity index (χ3v) is 6.93. The molecular weight excluding hydrogens is 364 g/mol. The Kier molecular flexibility index (Phi) is 3.57. The third-order valence-electron chi connectivity index (χ3n) is 5.98. The van der Waals surface area contributed by atoms with E-state index in [2.05, 4.69) is 20.8 Å². The Labute approximate surface area is 159 Å². The molecular formula is C18H18N6O2S. The van der Waals surface area contributed by atoms with Gasteiger partial charge in [-0.3, -0.25) is 9.59 Å². The maximum absolute atomic E-state index is 12.8. The molecule has 2 aliphatic heterocycles. The zero-order valence-electron chi connectivity index (χ0n) is 14.5. The number of hydrogen-bond acceptors (Lipinski definition) is 4. The van der Waals surface area contributed by atoms with Crippen molar-refractivity contribution in [1.29, 1.82) is 0 Å². The van der Waals surface area contributed by atoms with Gasteiger partial charge in [0.05, 0.1) is 22.2 Å². The SMILES string of the molecule is [N-]=[N+]=NC[C@H]1CCC[C@H]1n1cc(-c2csc(C(N)=O)c2)c2c1C1CN1C2=O. The number of thiophene rings is 1. The number of rotatable bonds is 5. The molecule has 1 saturated carbocycles. The zero-order chi connectivity index (χ0) is 18.7. The first kappa shape index (κ1) is 16.4. The molecule has 0 radical (unpaired) electrons. The molecule has 8 nitrogen and oxygen atoms in total. The van der Waals surface area contributed by atoms with E-state index >= 15 is 0 Å². The van der Waals surface area contributed by atoms with Crippen LogP contribution in [0.2, 0.25) is 0 Å². The van der Waals surface area contributed by atoms with Gasteiger partial charge in [0.15, 0.2) is 0 Å². The summed E-state index contributed by atoms with van der Waals surface area (Å²) in [6.07, 6.45) is 5.19. The van der Waals surface area contributed by atoms with E-state index in [9.17, 15) is 9.59 Å². The zero-order valence-corrected chi connectivity index (χ0v) is 15.4. The summed E-state index contributed by atoms with van der Waals surface area (Å²) in [5.41, 5.74) is 17.7. The van der Waals surface area contributed by atoms with Crippen molar-refractivity contribution in [2.24, 2.45) is 16.8 Å². The fourth-order valence-corrected chi connectivity index (χ4v) is 5.44. The first-order chi connectivity index (χ1) is 13.1. The molecule has 0 spiro atoms. The van der Waals surface area contributed by atoms with Crippen molar-refractivity contribution in [2.45, 2.75) is 31.3 Å². The molecule has 3 aliphatic rings. The molecule has 0 aromatic carbocycles. The van der Waals surface area contributed by atoms with Crippen molar-refractivity contribution >= 4 is 23.2 Å². The van der Waals surface area contributed by atoms with Gasteiger partial charge in [0.1, 0.15) is 0 Å². The second-order valence-corrected chi connectivity index (χ2v) is 8.33. The monoisotopic (exact) mass is 382 g/mol. The highest BCUT2D eigenvalue weighted by molar-refractivity contribution is 7.12. The van der Waals surface area contributed by atoms with Gasteiger partial charge in [0, 0.05) is 35.8 Å². The largest absolute Gasteiger partial charge is 0.365 e. The summed E-state index contributed by atoms with van der Waals surface area (Å²) >= 11 is 1.30. The van der Waals surface area contributed by atoms with Crippen LogP contribution in [0.25, 0.3) is 21.6 Å².